The molecule has 1 aromatic heterocycles. The quantitative estimate of drug-likeness (QED) is 0.757. The van der Waals surface area contributed by atoms with E-state index in [-0.39, 0.29) is 11.6 Å². The van der Waals surface area contributed by atoms with E-state index in [0.29, 0.717) is 6.54 Å². The average molecular weight is 367 g/mol. The molecule has 1 atom stereocenters. The number of rotatable bonds is 4. The van der Waals surface area contributed by atoms with Gasteiger partial charge in [0.25, 0.3) is 5.91 Å². The molecule has 0 saturated heterocycles. The number of nitrogens with zero attached hydrogens (tertiary/aromatic N) is 2. The van der Waals surface area contributed by atoms with Crippen molar-refractivity contribution in [2.45, 2.75) is 31.8 Å². The summed E-state index contributed by atoms with van der Waals surface area (Å²) in [6.45, 7) is 0.673. The van der Waals surface area contributed by atoms with Crippen molar-refractivity contribution in [1.82, 2.24) is 15.1 Å². The number of amides is 1. The zero-order valence-electron chi connectivity index (χ0n) is 14.7. The average Bonchev–Trinajstić information content (AvgIpc) is 3.06. The van der Waals surface area contributed by atoms with E-state index in [2.05, 4.69) is 22.5 Å². The number of benzene rings is 2. The number of fused-ring (bicyclic) bond motifs is 1. The second-order valence-corrected chi connectivity index (χ2v) is 6.77. The van der Waals surface area contributed by atoms with Gasteiger partial charge in [0, 0.05) is 22.9 Å². The SMILES string of the molecule is O=C(N[C@@H]1CCCc2c1cnn2Cc1ccccc1)c1cc(F)cc(F)c1. The van der Waals surface area contributed by atoms with E-state index in [4.69, 9.17) is 0 Å². The molecule has 0 spiro atoms. The van der Waals surface area contributed by atoms with E-state index >= 15 is 0 Å². The highest BCUT2D eigenvalue weighted by Gasteiger charge is 2.26. The lowest BCUT2D eigenvalue weighted by Crippen LogP contribution is -2.31. The van der Waals surface area contributed by atoms with Crippen molar-refractivity contribution in [3.8, 4) is 0 Å². The lowest BCUT2D eigenvalue weighted by molar-refractivity contribution is 0.0931. The number of carbonyl (C=O) groups excluding carboxylic acids is 1. The Bertz CT molecular complexity index is 949. The van der Waals surface area contributed by atoms with Gasteiger partial charge in [-0.2, -0.15) is 5.10 Å². The largest absolute Gasteiger partial charge is 0.345 e. The van der Waals surface area contributed by atoms with E-state index in [0.717, 1.165) is 54.3 Å². The Kier molecular flexibility index (Phi) is 4.71. The molecule has 2 aromatic carbocycles. The molecule has 1 heterocycles. The fraction of sp³-hybridized carbons (Fsp3) is 0.238. The molecule has 3 aromatic rings. The summed E-state index contributed by atoms with van der Waals surface area (Å²) in [5.74, 6) is -2.01. The molecule has 0 bridgehead atoms. The Hall–Kier alpha value is -3.02. The van der Waals surface area contributed by atoms with Gasteiger partial charge in [-0.3, -0.25) is 9.48 Å². The maximum atomic E-state index is 13.4. The minimum absolute atomic E-state index is 0.0173. The summed E-state index contributed by atoms with van der Waals surface area (Å²) < 4.78 is 28.7. The summed E-state index contributed by atoms with van der Waals surface area (Å²) in [6, 6.07) is 12.7. The van der Waals surface area contributed by atoms with Gasteiger partial charge in [-0.05, 0) is 37.0 Å². The molecule has 0 fully saturated rings. The van der Waals surface area contributed by atoms with Crippen LogP contribution < -0.4 is 5.32 Å². The number of aromatic nitrogens is 2. The first-order valence-corrected chi connectivity index (χ1v) is 8.95. The first-order chi connectivity index (χ1) is 13.1. The third kappa shape index (κ3) is 3.74. The van der Waals surface area contributed by atoms with E-state index in [1.54, 1.807) is 6.20 Å². The van der Waals surface area contributed by atoms with Crippen LogP contribution in [0, 0.1) is 11.6 Å². The highest BCUT2D eigenvalue weighted by molar-refractivity contribution is 5.94. The summed E-state index contributed by atoms with van der Waals surface area (Å²) in [6.07, 6.45) is 4.36. The van der Waals surface area contributed by atoms with Crippen LogP contribution in [0.2, 0.25) is 0 Å². The predicted molar refractivity (Wildman–Crippen MR) is 97.3 cm³/mol. The Morgan fingerprint density at radius 1 is 1.15 bits per heavy atom. The molecule has 0 aliphatic heterocycles. The number of halogens is 2. The van der Waals surface area contributed by atoms with Crippen LogP contribution in [0.15, 0.2) is 54.7 Å². The minimum atomic E-state index is -0.764. The molecular weight excluding hydrogens is 348 g/mol. The summed E-state index contributed by atoms with van der Waals surface area (Å²) in [4.78, 5) is 12.5. The topological polar surface area (TPSA) is 46.9 Å². The van der Waals surface area contributed by atoms with Gasteiger partial charge < -0.3 is 5.32 Å². The summed E-state index contributed by atoms with van der Waals surface area (Å²) in [5, 5.41) is 7.39. The van der Waals surface area contributed by atoms with Crippen molar-refractivity contribution < 1.29 is 13.6 Å². The third-order valence-electron chi connectivity index (χ3n) is 4.87. The zero-order chi connectivity index (χ0) is 18.8. The summed E-state index contributed by atoms with van der Waals surface area (Å²) in [5.41, 5.74) is 3.21. The molecule has 0 unspecified atom stereocenters. The van der Waals surface area contributed by atoms with E-state index in [9.17, 15) is 13.6 Å². The predicted octanol–water partition coefficient (Wildman–Crippen LogP) is 4.02. The molecule has 1 aliphatic rings. The number of hydrogen-bond donors (Lipinski definition) is 1. The standard InChI is InChI=1S/C21H19F2N3O/c22-16-9-15(10-17(23)11-16)21(27)25-19-7-4-8-20-18(19)12-24-26(20)13-14-5-2-1-3-6-14/h1-3,5-6,9-12,19H,4,7-8,13H2,(H,25,27)/t19-/m1/s1. The van der Waals surface area contributed by atoms with Crippen molar-refractivity contribution in [1.29, 1.82) is 0 Å². The molecule has 138 valence electrons. The van der Waals surface area contributed by atoms with Gasteiger partial charge in [0.1, 0.15) is 11.6 Å². The van der Waals surface area contributed by atoms with Crippen LogP contribution in [-0.4, -0.2) is 15.7 Å². The second kappa shape index (κ2) is 7.31. The summed E-state index contributed by atoms with van der Waals surface area (Å²) >= 11 is 0. The maximum Gasteiger partial charge on any atom is 0.251 e. The fourth-order valence-corrected chi connectivity index (χ4v) is 3.59. The van der Waals surface area contributed by atoms with Gasteiger partial charge in [0.2, 0.25) is 0 Å². The van der Waals surface area contributed by atoms with Crippen molar-refractivity contribution in [3.63, 3.8) is 0 Å². The molecule has 1 aliphatic carbocycles. The van der Waals surface area contributed by atoms with Gasteiger partial charge in [0.15, 0.2) is 0 Å². The highest BCUT2D eigenvalue weighted by atomic mass is 19.1. The van der Waals surface area contributed by atoms with Crippen LogP contribution in [0.25, 0.3) is 0 Å². The van der Waals surface area contributed by atoms with Gasteiger partial charge in [-0.1, -0.05) is 30.3 Å². The molecule has 1 N–H and O–H groups in total. The van der Waals surface area contributed by atoms with Gasteiger partial charge in [-0.15, -0.1) is 0 Å². The molecule has 27 heavy (non-hydrogen) atoms. The lowest BCUT2D eigenvalue weighted by atomic mass is 9.92. The molecule has 1 amide bonds. The van der Waals surface area contributed by atoms with Crippen LogP contribution >= 0.6 is 0 Å². The smallest absolute Gasteiger partial charge is 0.251 e. The van der Waals surface area contributed by atoms with E-state index in [1.165, 1.54) is 0 Å². The van der Waals surface area contributed by atoms with Crippen LogP contribution in [0.1, 0.15) is 46.1 Å². The lowest BCUT2D eigenvalue weighted by Gasteiger charge is -2.24. The van der Waals surface area contributed by atoms with Crippen LogP contribution in [0.4, 0.5) is 8.78 Å². The highest BCUT2D eigenvalue weighted by Crippen LogP contribution is 2.30. The maximum absolute atomic E-state index is 13.4. The van der Waals surface area contributed by atoms with Gasteiger partial charge in [-0.25, -0.2) is 8.78 Å². The number of hydrogen-bond acceptors (Lipinski definition) is 2. The Morgan fingerprint density at radius 3 is 2.63 bits per heavy atom. The monoisotopic (exact) mass is 367 g/mol. The van der Waals surface area contributed by atoms with Crippen LogP contribution in [0.3, 0.4) is 0 Å². The Balaban J connectivity index is 1.54. The van der Waals surface area contributed by atoms with Gasteiger partial charge >= 0.3 is 0 Å². The second-order valence-electron chi connectivity index (χ2n) is 6.77. The van der Waals surface area contributed by atoms with Gasteiger partial charge in [0.05, 0.1) is 18.8 Å². The van der Waals surface area contributed by atoms with Crippen molar-refractivity contribution in [2.75, 3.05) is 0 Å². The first kappa shape index (κ1) is 17.4. The third-order valence-corrected chi connectivity index (χ3v) is 4.87. The molecule has 4 nitrogen and oxygen atoms in total. The summed E-state index contributed by atoms with van der Waals surface area (Å²) in [7, 11) is 0. The molecule has 0 saturated carbocycles. The Labute approximate surface area is 155 Å². The van der Waals surface area contributed by atoms with Crippen molar-refractivity contribution in [3.05, 3.63) is 88.7 Å². The molecular formula is C21H19F2N3O. The van der Waals surface area contributed by atoms with Crippen LogP contribution in [0.5, 0.6) is 0 Å². The number of nitrogens with one attached hydrogen (secondary N) is 1. The Morgan fingerprint density at radius 2 is 1.89 bits per heavy atom. The zero-order valence-corrected chi connectivity index (χ0v) is 14.7. The molecule has 6 heteroatoms. The molecule has 4 rings (SSSR count). The van der Waals surface area contributed by atoms with Crippen LogP contribution in [-0.2, 0) is 13.0 Å². The molecule has 0 radical (unpaired) electrons. The fourth-order valence-electron chi connectivity index (χ4n) is 3.59. The van der Waals surface area contributed by atoms with Crippen molar-refractivity contribution in [2.24, 2.45) is 0 Å². The first-order valence-electron chi connectivity index (χ1n) is 8.95. The number of carbonyl (C=O) groups is 1. The van der Waals surface area contributed by atoms with E-state index < -0.39 is 17.5 Å². The van der Waals surface area contributed by atoms with Crippen molar-refractivity contribution >= 4 is 5.91 Å². The normalized spacial score (nSPS) is 16.0. The minimum Gasteiger partial charge on any atom is -0.345 e. The van der Waals surface area contributed by atoms with E-state index in [1.807, 2.05) is 22.9 Å².